The third-order valence-electron chi connectivity index (χ3n) is 4.82. The van der Waals surface area contributed by atoms with Gasteiger partial charge in [0.1, 0.15) is 5.82 Å². The number of aromatic nitrogens is 2. The smallest absolute Gasteiger partial charge is 0.205 e. The van der Waals surface area contributed by atoms with Crippen molar-refractivity contribution < 1.29 is 9.47 Å². The fraction of sp³-hybridized carbons (Fsp3) is 0.550. The number of ether oxygens (including phenoxy) is 2. The van der Waals surface area contributed by atoms with Crippen LogP contribution in [0.5, 0.6) is 11.5 Å². The number of nitrogens with zero attached hydrogens (tertiary/aromatic N) is 5. The average Bonchev–Trinajstić information content (AvgIpc) is 3.26. The lowest BCUT2D eigenvalue weighted by Crippen LogP contribution is -2.52. The number of aryl methyl sites for hydroxylation is 1. The topological polar surface area (TPSA) is 75.1 Å². The van der Waals surface area contributed by atoms with Crippen molar-refractivity contribution in [2.24, 2.45) is 4.99 Å². The highest BCUT2D eigenvalue weighted by atomic mass is 32.1. The maximum absolute atomic E-state index is 5.40. The molecule has 0 unspecified atom stereocenters. The van der Waals surface area contributed by atoms with Gasteiger partial charge in [0.25, 0.3) is 0 Å². The maximum Gasteiger partial charge on any atom is 0.205 e. The van der Waals surface area contributed by atoms with Crippen molar-refractivity contribution in [3.63, 3.8) is 0 Å². The van der Waals surface area contributed by atoms with Crippen molar-refractivity contribution in [2.45, 2.75) is 26.8 Å². The van der Waals surface area contributed by atoms with Crippen LogP contribution >= 0.6 is 11.5 Å². The van der Waals surface area contributed by atoms with Gasteiger partial charge in [-0.3, -0.25) is 0 Å². The van der Waals surface area contributed by atoms with Gasteiger partial charge >= 0.3 is 0 Å². The molecule has 29 heavy (non-hydrogen) atoms. The van der Waals surface area contributed by atoms with Crippen LogP contribution in [-0.4, -0.2) is 67.2 Å². The summed E-state index contributed by atoms with van der Waals surface area (Å²) in [6.45, 7) is 9.23. The zero-order valence-corrected chi connectivity index (χ0v) is 18.5. The molecule has 0 radical (unpaired) electrons. The molecule has 0 bridgehead atoms. The summed E-state index contributed by atoms with van der Waals surface area (Å²) in [5, 5.41) is 4.44. The first-order valence-corrected chi connectivity index (χ1v) is 10.8. The lowest BCUT2D eigenvalue weighted by molar-refractivity contribution is 0.354. The normalized spacial score (nSPS) is 14.8. The minimum absolute atomic E-state index is 0.583. The summed E-state index contributed by atoms with van der Waals surface area (Å²) in [6, 6.07) is 5.92. The summed E-state index contributed by atoms with van der Waals surface area (Å²) in [4.78, 5) is 14.1. The van der Waals surface area contributed by atoms with Gasteiger partial charge in [0, 0.05) is 50.7 Å². The molecule has 1 aromatic carbocycles. The molecule has 0 saturated carbocycles. The minimum Gasteiger partial charge on any atom is -0.493 e. The van der Waals surface area contributed by atoms with E-state index in [-0.39, 0.29) is 0 Å². The van der Waals surface area contributed by atoms with E-state index in [4.69, 9.17) is 14.5 Å². The van der Waals surface area contributed by atoms with Gasteiger partial charge in [-0.15, -0.1) is 0 Å². The Labute approximate surface area is 176 Å². The number of rotatable bonds is 7. The molecule has 8 nitrogen and oxygen atoms in total. The molecular weight excluding hydrogens is 388 g/mol. The van der Waals surface area contributed by atoms with Gasteiger partial charge in [-0.2, -0.15) is 4.37 Å². The molecule has 1 aliphatic heterocycles. The van der Waals surface area contributed by atoms with Crippen molar-refractivity contribution in [3.8, 4) is 11.5 Å². The van der Waals surface area contributed by atoms with Gasteiger partial charge < -0.3 is 24.6 Å². The van der Waals surface area contributed by atoms with E-state index in [1.54, 1.807) is 14.2 Å². The second kappa shape index (κ2) is 10.3. The van der Waals surface area contributed by atoms with Gasteiger partial charge in [-0.05, 0) is 24.6 Å². The minimum atomic E-state index is 0.583. The molecule has 158 valence electrons. The zero-order chi connectivity index (χ0) is 20.6. The lowest BCUT2D eigenvalue weighted by Gasteiger charge is -2.36. The molecule has 2 heterocycles. The Balaban J connectivity index is 1.64. The number of nitrogens with one attached hydrogen (secondary N) is 1. The Hall–Kier alpha value is -2.55. The molecule has 1 saturated heterocycles. The van der Waals surface area contributed by atoms with Crippen molar-refractivity contribution in [3.05, 3.63) is 29.6 Å². The van der Waals surface area contributed by atoms with Crippen LogP contribution in [0.25, 0.3) is 0 Å². The predicted molar refractivity (Wildman–Crippen MR) is 117 cm³/mol. The second-order valence-corrected chi connectivity index (χ2v) is 7.41. The van der Waals surface area contributed by atoms with E-state index in [2.05, 4.69) is 38.3 Å². The summed E-state index contributed by atoms with van der Waals surface area (Å²) in [5.74, 6) is 3.32. The summed E-state index contributed by atoms with van der Waals surface area (Å²) in [7, 11) is 3.29. The van der Waals surface area contributed by atoms with Crippen LogP contribution in [0, 0.1) is 0 Å². The highest BCUT2D eigenvalue weighted by Gasteiger charge is 2.22. The molecule has 9 heteroatoms. The number of methoxy groups -OCH3 is 2. The van der Waals surface area contributed by atoms with Crippen molar-refractivity contribution in [1.29, 1.82) is 0 Å². The number of piperazine rings is 1. The quantitative estimate of drug-likeness (QED) is 0.547. The largest absolute Gasteiger partial charge is 0.493 e. The van der Waals surface area contributed by atoms with Crippen LogP contribution in [0.15, 0.2) is 23.2 Å². The van der Waals surface area contributed by atoms with Gasteiger partial charge in [-0.1, -0.05) is 13.0 Å². The van der Waals surface area contributed by atoms with E-state index in [9.17, 15) is 0 Å². The molecule has 0 aliphatic carbocycles. The van der Waals surface area contributed by atoms with Crippen molar-refractivity contribution in [2.75, 3.05) is 51.8 Å². The van der Waals surface area contributed by atoms with E-state index in [0.29, 0.717) is 6.54 Å². The molecule has 0 atom stereocenters. The first-order chi connectivity index (χ1) is 14.2. The Bertz CT molecular complexity index is 817. The van der Waals surface area contributed by atoms with Gasteiger partial charge in [0.05, 0.1) is 20.8 Å². The van der Waals surface area contributed by atoms with Crippen LogP contribution in [0.4, 0.5) is 5.13 Å². The molecule has 2 aromatic rings. The van der Waals surface area contributed by atoms with Crippen LogP contribution in [0.2, 0.25) is 0 Å². The Morgan fingerprint density at radius 2 is 1.90 bits per heavy atom. The summed E-state index contributed by atoms with van der Waals surface area (Å²) < 4.78 is 15.1. The van der Waals surface area contributed by atoms with Crippen molar-refractivity contribution >= 4 is 22.6 Å². The Kier molecular flexibility index (Phi) is 7.51. The summed E-state index contributed by atoms with van der Waals surface area (Å²) in [5.41, 5.74) is 1.08. The van der Waals surface area contributed by atoms with E-state index in [0.717, 1.165) is 73.1 Å². The average molecular weight is 419 g/mol. The van der Waals surface area contributed by atoms with E-state index in [1.165, 1.54) is 11.5 Å². The SMILES string of the molecule is CCNC(=NCc1ccc(OC)c(OC)c1)N1CCN(c2nc(CC)ns2)CC1. The zero-order valence-electron chi connectivity index (χ0n) is 17.6. The van der Waals surface area contributed by atoms with Crippen LogP contribution in [0.1, 0.15) is 25.2 Å². The van der Waals surface area contributed by atoms with Crippen LogP contribution < -0.4 is 19.7 Å². The lowest BCUT2D eigenvalue weighted by atomic mass is 10.2. The third kappa shape index (κ3) is 5.29. The highest BCUT2D eigenvalue weighted by molar-refractivity contribution is 7.09. The predicted octanol–water partition coefficient (Wildman–Crippen LogP) is 2.41. The number of guanidine groups is 1. The molecule has 1 N–H and O–H groups in total. The first-order valence-electron chi connectivity index (χ1n) is 10.00. The van der Waals surface area contributed by atoms with Gasteiger partial charge in [0.2, 0.25) is 5.13 Å². The number of hydrogen-bond acceptors (Lipinski definition) is 7. The van der Waals surface area contributed by atoms with Gasteiger partial charge in [-0.25, -0.2) is 9.98 Å². The fourth-order valence-corrected chi connectivity index (χ4v) is 4.00. The van der Waals surface area contributed by atoms with Crippen LogP contribution in [0.3, 0.4) is 0 Å². The van der Waals surface area contributed by atoms with Crippen LogP contribution in [-0.2, 0) is 13.0 Å². The highest BCUT2D eigenvalue weighted by Crippen LogP contribution is 2.27. The number of anilines is 1. The first kappa shape index (κ1) is 21.2. The summed E-state index contributed by atoms with van der Waals surface area (Å²) in [6.07, 6.45) is 0.879. The monoisotopic (exact) mass is 418 g/mol. The molecule has 0 spiro atoms. The van der Waals surface area contributed by atoms with E-state index >= 15 is 0 Å². The maximum atomic E-state index is 5.40. The van der Waals surface area contributed by atoms with E-state index < -0.39 is 0 Å². The molecule has 1 fully saturated rings. The Morgan fingerprint density at radius 3 is 2.52 bits per heavy atom. The third-order valence-corrected chi connectivity index (χ3v) is 5.63. The molecule has 1 aliphatic rings. The van der Waals surface area contributed by atoms with Crippen molar-refractivity contribution in [1.82, 2.24) is 19.6 Å². The summed E-state index contributed by atoms with van der Waals surface area (Å²) >= 11 is 1.49. The van der Waals surface area contributed by atoms with E-state index in [1.807, 2.05) is 18.2 Å². The van der Waals surface area contributed by atoms with Gasteiger partial charge in [0.15, 0.2) is 17.5 Å². The molecular formula is C20H30N6O2S. The second-order valence-electron chi connectivity index (χ2n) is 6.68. The fourth-order valence-electron chi connectivity index (χ4n) is 3.20. The standard InChI is InChI=1S/C20H30N6O2S/c1-5-18-23-20(29-24-18)26-11-9-25(10-12-26)19(21-6-2)22-14-15-7-8-16(27-3)17(13-15)28-4/h7-8,13H,5-6,9-12,14H2,1-4H3,(H,21,22). The molecule has 1 aromatic heterocycles. The number of hydrogen-bond donors (Lipinski definition) is 1. The number of aliphatic imine (C=N–C) groups is 1. The molecule has 3 rings (SSSR count). The molecule has 0 amide bonds. The Morgan fingerprint density at radius 1 is 1.14 bits per heavy atom. The number of benzene rings is 1.